The highest BCUT2D eigenvalue weighted by Gasteiger charge is 2.26. The van der Waals surface area contributed by atoms with E-state index in [-0.39, 0.29) is 24.4 Å². The number of carbonyl (C=O) groups excluding carboxylic acids is 1. The number of halogens is 1. The van der Waals surface area contributed by atoms with Crippen LogP contribution < -0.4 is 5.32 Å². The van der Waals surface area contributed by atoms with Crippen LogP contribution in [0.1, 0.15) is 32.6 Å². The molecule has 0 bridgehead atoms. The summed E-state index contributed by atoms with van der Waals surface area (Å²) in [6.45, 7) is 5.60. The average molecular weight is 263 g/mol. The van der Waals surface area contributed by atoms with Crippen molar-refractivity contribution in [3.8, 4) is 0 Å². The molecule has 1 unspecified atom stereocenters. The number of piperazine rings is 1. The second-order valence-corrected chi connectivity index (χ2v) is 4.83. The van der Waals surface area contributed by atoms with Crippen molar-refractivity contribution < 1.29 is 9.53 Å². The summed E-state index contributed by atoms with van der Waals surface area (Å²) in [6, 6.07) is 0.324. The third-order valence-electron chi connectivity index (χ3n) is 3.50. The Bertz CT molecular complexity index is 245. The van der Waals surface area contributed by atoms with E-state index in [9.17, 15) is 4.79 Å². The summed E-state index contributed by atoms with van der Waals surface area (Å²) in [7, 11) is 0. The van der Waals surface area contributed by atoms with E-state index in [0.717, 1.165) is 39.1 Å². The molecule has 1 N–H and O–H groups in total. The first-order valence-corrected chi connectivity index (χ1v) is 6.39. The number of nitrogens with one attached hydrogen (secondary N) is 1. The monoisotopic (exact) mass is 262 g/mol. The molecule has 5 heteroatoms. The molecule has 1 amide bonds. The van der Waals surface area contributed by atoms with Gasteiger partial charge >= 0.3 is 0 Å². The molecule has 0 spiro atoms. The summed E-state index contributed by atoms with van der Waals surface area (Å²) >= 11 is 0. The molecule has 2 heterocycles. The highest BCUT2D eigenvalue weighted by Crippen LogP contribution is 2.17. The Labute approximate surface area is 109 Å². The summed E-state index contributed by atoms with van der Waals surface area (Å²) in [5, 5.41) is 3.30. The third-order valence-corrected chi connectivity index (χ3v) is 3.50. The first-order valence-electron chi connectivity index (χ1n) is 6.39. The van der Waals surface area contributed by atoms with Crippen molar-refractivity contribution in [3.05, 3.63) is 0 Å². The summed E-state index contributed by atoms with van der Waals surface area (Å²) in [4.78, 5) is 14.1. The number of amides is 1. The zero-order valence-corrected chi connectivity index (χ0v) is 11.3. The van der Waals surface area contributed by atoms with Gasteiger partial charge in [0.05, 0.1) is 12.5 Å². The lowest BCUT2D eigenvalue weighted by Crippen LogP contribution is -2.52. The fraction of sp³-hybridized carbons (Fsp3) is 0.917. The lowest BCUT2D eigenvalue weighted by Gasteiger charge is -2.35. The normalized spacial score (nSPS) is 29.6. The van der Waals surface area contributed by atoms with Gasteiger partial charge in [-0.15, -0.1) is 12.4 Å². The molecule has 2 rings (SSSR count). The van der Waals surface area contributed by atoms with Gasteiger partial charge in [-0.25, -0.2) is 0 Å². The average Bonchev–Trinajstić information content (AvgIpc) is 2.31. The van der Waals surface area contributed by atoms with Crippen LogP contribution in [0.25, 0.3) is 0 Å². The van der Waals surface area contributed by atoms with Crippen molar-refractivity contribution in [2.45, 2.75) is 44.8 Å². The number of carbonyl (C=O) groups is 1. The summed E-state index contributed by atoms with van der Waals surface area (Å²) in [6.07, 6.45) is 4.14. The molecule has 17 heavy (non-hydrogen) atoms. The number of hydrogen-bond acceptors (Lipinski definition) is 3. The van der Waals surface area contributed by atoms with Gasteiger partial charge in [0.25, 0.3) is 0 Å². The quantitative estimate of drug-likeness (QED) is 0.813. The van der Waals surface area contributed by atoms with E-state index in [1.165, 1.54) is 6.42 Å². The van der Waals surface area contributed by atoms with E-state index in [0.29, 0.717) is 12.5 Å². The van der Waals surface area contributed by atoms with Crippen molar-refractivity contribution in [2.75, 3.05) is 26.2 Å². The Kier molecular flexibility index (Phi) is 6.23. The van der Waals surface area contributed by atoms with Crippen molar-refractivity contribution >= 4 is 18.3 Å². The molecule has 2 aliphatic heterocycles. The maximum atomic E-state index is 12.1. The van der Waals surface area contributed by atoms with Gasteiger partial charge in [-0.3, -0.25) is 4.79 Å². The Morgan fingerprint density at radius 3 is 2.94 bits per heavy atom. The minimum atomic E-state index is 0. The Morgan fingerprint density at radius 2 is 2.29 bits per heavy atom. The largest absolute Gasteiger partial charge is 0.378 e. The predicted molar refractivity (Wildman–Crippen MR) is 69.5 cm³/mol. The van der Waals surface area contributed by atoms with Crippen molar-refractivity contribution in [3.63, 3.8) is 0 Å². The fourth-order valence-electron chi connectivity index (χ4n) is 2.49. The highest BCUT2D eigenvalue weighted by atomic mass is 35.5. The fourth-order valence-corrected chi connectivity index (χ4v) is 2.49. The molecule has 2 saturated heterocycles. The molecule has 0 aromatic rings. The van der Waals surface area contributed by atoms with Crippen LogP contribution in [0.5, 0.6) is 0 Å². The van der Waals surface area contributed by atoms with Crippen molar-refractivity contribution in [1.29, 1.82) is 0 Å². The first kappa shape index (κ1) is 14.7. The Morgan fingerprint density at radius 1 is 1.47 bits per heavy atom. The standard InChI is InChI=1S/C12H22N2O2.ClH/c1-10-9-13-5-6-14(10)12(15)8-11-4-2-3-7-16-11;/h10-11,13H,2-9H2,1H3;1H/t10-,11?;/m1./s1. The van der Waals surface area contributed by atoms with Gasteiger partial charge in [-0.1, -0.05) is 0 Å². The van der Waals surface area contributed by atoms with Gasteiger partial charge in [0, 0.05) is 32.3 Å². The minimum absolute atomic E-state index is 0. The minimum Gasteiger partial charge on any atom is -0.378 e. The smallest absolute Gasteiger partial charge is 0.225 e. The topological polar surface area (TPSA) is 41.6 Å². The second-order valence-electron chi connectivity index (χ2n) is 4.83. The molecule has 2 atom stereocenters. The maximum absolute atomic E-state index is 12.1. The lowest BCUT2D eigenvalue weighted by molar-refractivity contribution is -0.137. The summed E-state index contributed by atoms with van der Waals surface area (Å²) in [5.74, 6) is 0.265. The van der Waals surface area contributed by atoms with E-state index in [1.54, 1.807) is 0 Å². The third kappa shape index (κ3) is 4.12. The summed E-state index contributed by atoms with van der Waals surface area (Å²) < 4.78 is 5.61. The molecular formula is C12H23ClN2O2. The van der Waals surface area contributed by atoms with Crippen LogP contribution in [0.4, 0.5) is 0 Å². The SMILES string of the molecule is C[C@@H]1CNCCN1C(=O)CC1CCCCO1.Cl. The van der Waals surface area contributed by atoms with E-state index < -0.39 is 0 Å². The number of nitrogens with zero attached hydrogens (tertiary/aromatic N) is 1. The highest BCUT2D eigenvalue weighted by molar-refractivity contribution is 5.85. The molecular weight excluding hydrogens is 240 g/mol. The van der Waals surface area contributed by atoms with Crippen LogP contribution in [0.2, 0.25) is 0 Å². The molecule has 4 nitrogen and oxygen atoms in total. The van der Waals surface area contributed by atoms with Crippen LogP contribution in [-0.2, 0) is 9.53 Å². The van der Waals surface area contributed by atoms with E-state index >= 15 is 0 Å². The van der Waals surface area contributed by atoms with E-state index in [2.05, 4.69) is 12.2 Å². The Hall–Kier alpha value is -0.320. The van der Waals surface area contributed by atoms with Crippen LogP contribution in [0.15, 0.2) is 0 Å². The molecule has 0 saturated carbocycles. The number of rotatable bonds is 2. The second kappa shape index (κ2) is 7.19. The van der Waals surface area contributed by atoms with E-state index in [4.69, 9.17) is 4.74 Å². The zero-order chi connectivity index (χ0) is 11.4. The molecule has 2 fully saturated rings. The number of hydrogen-bond donors (Lipinski definition) is 1. The maximum Gasteiger partial charge on any atom is 0.225 e. The van der Waals surface area contributed by atoms with Gasteiger partial charge in [0.2, 0.25) is 5.91 Å². The predicted octanol–water partition coefficient (Wildman–Crippen LogP) is 1.19. The molecule has 0 radical (unpaired) electrons. The van der Waals surface area contributed by atoms with Crippen LogP contribution in [-0.4, -0.2) is 49.2 Å². The van der Waals surface area contributed by atoms with Gasteiger partial charge in [-0.05, 0) is 26.2 Å². The van der Waals surface area contributed by atoms with E-state index in [1.807, 2.05) is 4.90 Å². The number of ether oxygens (including phenoxy) is 1. The molecule has 2 aliphatic rings. The lowest BCUT2D eigenvalue weighted by atomic mass is 10.0. The Balaban J connectivity index is 0.00000144. The molecule has 0 aromatic heterocycles. The van der Waals surface area contributed by atoms with Gasteiger partial charge in [0.1, 0.15) is 0 Å². The van der Waals surface area contributed by atoms with Gasteiger partial charge in [-0.2, -0.15) is 0 Å². The zero-order valence-electron chi connectivity index (χ0n) is 10.5. The molecule has 0 aromatic carbocycles. The van der Waals surface area contributed by atoms with Crippen molar-refractivity contribution in [1.82, 2.24) is 10.2 Å². The van der Waals surface area contributed by atoms with Gasteiger partial charge in [0.15, 0.2) is 0 Å². The molecule has 100 valence electrons. The molecule has 0 aliphatic carbocycles. The first-order chi connectivity index (χ1) is 7.77. The van der Waals surface area contributed by atoms with Crippen LogP contribution in [0, 0.1) is 0 Å². The van der Waals surface area contributed by atoms with Crippen LogP contribution in [0.3, 0.4) is 0 Å². The summed E-state index contributed by atoms with van der Waals surface area (Å²) in [5.41, 5.74) is 0. The van der Waals surface area contributed by atoms with Gasteiger partial charge < -0.3 is 15.0 Å². The van der Waals surface area contributed by atoms with Crippen LogP contribution >= 0.6 is 12.4 Å². The van der Waals surface area contributed by atoms with Crippen molar-refractivity contribution in [2.24, 2.45) is 0 Å².